The third-order valence-electron chi connectivity index (χ3n) is 3.28. The lowest BCUT2D eigenvalue weighted by molar-refractivity contribution is -0.169. The first-order valence-electron chi connectivity index (χ1n) is 6.94. The lowest BCUT2D eigenvalue weighted by Crippen LogP contribution is -2.34. The molecule has 3 N–H and O–H groups in total. The minimum Gasteiger partial charge on any atom is -0.394 e. The molecule has 5 heteroatoms. The second-order valence-electron chi connectivity index (χ2n) is 4.85. The summed E-state index contributed by atoms with van der Waals surface area (Å²) in [5.41, 5.74) is 0. The van der Waals surface area contributed by atoms with Gasteiger partial charge in [-0.15, -0.1) is 0 Å². The summed E-state index contributed by atoms with van der Waals surface area (Å²) in [4.78, 5) is 0. The van der Waals surface area contributed by atoms with Crippen LogP contribution in [0.15, 0.2) is 0 Å². The maximum atomic E-state index is 9.62. The van der Waals surface area contributed by atoms with Crippen LogP contribution in [-0.2, 0) is 9.47 Å². The molecular formula is C13H26O5. The molecule has 1 unspecified atom stereocenters. The minimum atomic E-state index is -1.07. The maximum absolute atomic E-state index is 9.62. The molecule has 1 saturated heterocycles. The van der Waals surface area contributed by atoms with Crippen molar-refractivity contribution in [1.29, 1.82) is 0 Å². The van der Waals surface area contributed by atoms with Crippen molar-refractivity contribution in [2.24, 2.45) is 0 Å². The van der Waals surface area contributed by atoms with Crippen LogP contribution in [-0.4, -0.2) is 53.1 Å². The zero-order valence-electron chi connectivity index (χ0n) is 11.1. The van der Waals surface area contributed by atoms with Gasteiger partial charge in [0.1, 0.15) is 18.3 Å². The summed E-state index contributed by atoms with van der Waals surface area (Å²) in [6.45, 7) is 2.39. The van der Waals surface area contributed by atoms with Crippen LogP contribution in [0.5, 0.6) is 0 Å². The standard InChI is InChI=1S/C13H26O5/c1-2-3-4-5-6-7-8-17-13-12(16)11(15)10(9-14)18-13/h10-16H,2-9H2,1H3/t10-,11+,12-,13?/m1/s1. The van der Waals surface area contributed by atoms with Crippen molar-refractivity contribution in [3.63, 3.8) is 0 Å². The van der Waals surface area contributed by atoms with Gasteiger partial charge in [0, 0.05) is 6.61 Å². The lowest BCUT2D eigenvalue weighted by atomic mass is 10.1. The van der Waals surface area contributed by atoms with Crippen molar-refractivity contribution in [3.05, 3.63) is 0 Å². The fourth-order valence-corrected chi connectivity index (χ4v) is 2.08. The van der Waals surface area contributed by atoms with E-state index in [0.29, 0.717) is 6.61 Å². The van der Waals surface area contributed by atoms with E-state index in [0.717, 1.165) is 12.8 Å². The average Bonchev–Trinajstić information content (AvgIpc) is 2.65. The molecule has 1 aliphatic heterocycles. The molecule has 0 bridgehead atoms. The Morgan fingerprint density at radius 2 is 1.67 bits per heavy atom. The number of unbranched alkanes of at least 4 members (excludes halogenated alkanes) is 5. The predicted octanol–water partition coefficient (Wildman–Crippen LogP) is 0.802. The number of rotatable bonds is 9. The molecule has 1 heterocycles. The van der Waals surface area contributed by atoms with E-state index >= 15 is 0 Å². The van der Waals surface area contributed by atoms with Crippen molar-refractivity contribution < 1.29 is 24.8 Å². The zero-order valence-corrected chi connectivity index (χ0v) is 11.1. The molecule has 0 aliphatic carbocycles. The predicted molar refractivity (Wildman–Crippen MR) is 67.1 cm³/mol. The van der Waals surface area contributed by atoms with Gasteiger partial charge in [0.2, 0.25) is 0 Å². The average molecular weight is 262 g/mol. The van der Waals surface area contributed by atoms with E-state index in [2.05, 4.69) is 6.92 Å². The summed E-state index contributed by atoms with van der Waals surface area (Å²) in [5, 5.41) is 28.0. The van der Waals surface area contributed by atoms with Crippen LogP contribution in [0, 0.1) is 0 Å². The monoisotopic (exact) mass is 262 g/mol. The third-order valence-corrected chi connectivity index (χ3v) is 3.28. The summed E-state index contributed by atoms with van der Waals surface area (Å²) in [5.74, 6) is 0. The van der Waals surface area contributed by atoms with Gasteiger partial charge in [-0.2, -0.15) is 0 Å². The molecule has 0 aromatic rings. The Morgan fingerprint density at radius 3 is 2.28 bits per heavy atom. The highest BCUT2D eigenvalue weighted by atomic mass is 16.7. The van der Waals surface area contributed by atoms with E-state index in [-0.39, 0.29) is 6.61 Å². The lowest BCUT2D eigenvalue weighted by Gasteiger charge is -2.15. The molecule has 1 fully saturated rings. The summed E-state index contributed by atoms with van der Waals surface area (Å²) < 4.78 is 10.6. The van der Waals surface area contributed by atoms with Crippen molar-refractivity contribution in [2.75, 3.05) is 13.2 Å². The van der Waals surface area contributed by atoms with Crippen LogP contribution in [0.25, 0.3) is 0 Å². The Bertz CT molecular complexity index is 212. The molecule has 0 saturated carbocycles. The van der Waals surface area contributed by atoms with Crippen molar-refractivity contribution >= 4 is 0 Å². The second kappa shape index (κ2) is 8.82. The number of hydrogen-bond acceptors (Lipinski definition) is 5. The Labute approximate surface area is 109 Å². The van der Waals surface area contributed by atoms with E-state index in [1.165, 1.54) is 25.7 Å². The number of aliphatic hydroxyl groups is 3. The second-order valence-corrected chi connectivity index (χ2v) is 4.85. The van der Waals surface area contributed by atoms with E-state index in [4.69, 9.17) is 14.6 Å². The molecule has 18 heavy (non-hydrogen) atoms. The van der Waals surface area contributed by atoms with Gasteiger partial charge in [-0.3, -0.25) is 0 Å². The highest BCUT2D eigenvalue weighted by molar-refractivity contribution is 4.86. The third kappa shape index (κ3) is 4.82. The Hall–Kier alpha value is -0.200. The van der Waals surface area contributed by atoms with Crippen LogP contribution in [0.2, 0.25) is 0 Å². The number of hydrogen-bond donors (Lipinski definition) is 3. The SMILES string of the molecule is CCCCCCCCOC1O[C@H](CO)[C@H](O)[C@H]1O. The van der Waals surface area contributed by atoms with E-state index in [1.807, 2.05) is 0 Å². The molecule has 1 aliphatic rings. The van der Waals surface area contributed by atoms with Gasteiger partial charge in [-0.25, -0.2) is 0 Å². The molecule has 4 atom stereocenters. The van der Waals surface area contributed by atoms with Gasteiger partial charge in [-0.1, -0.05) is 39.0 Å². The maximum Gasteiger partial charge on any atom is 0.186 e. The van der Waals surface area contributed by atoms with Gasteiger partial charge in [0.15, 0.2) is 6.29 Å². The molecule has 1 rings (SSSR count). The number of ether oxygens (including phenoxy) is 2. The minimum absolute atomic E-state index is 0.310. The van der Waals surface area contributed by atoms with Crippen molar-refractivity contribution in [1.82, 2.24) is 0 Å². The first-order valence-corrected chi connectivity index (χ1v) is 6.94. The smallest absolute Gasteiger partial charge is 0.186 e. The topological polar surface area (TPSA) is 79.2 Å². The van der Waals surface area contributed by atoms with E-state index in [9.17, 15) is 10.2 Å². The van der Waals surface area contributed by atoms with Crippen molar-refractivity contribution in [3.8, 4) is 0 Å². The molecule has 0 aromatic heterocycles. The fraction of sp³-hybridized carbons (Fsp3) is 1.00. The Morgan fingerprint density at radius 1 is 1.00 bits per heavy atom. The van der Waals surface area contributed by atoms with Gasteiger partial charge >= 0.3 is 0 Å². The summed E-state index contributed by atoms with van der Waals surface area (Å²) >= 11 is 0. The normalized spacial score (nSPS) is 32.0. The van der Waals surface area contributed by atoms with Gasteiger partial charge < -0.3 is 24.8 Å². The first-order chi connectivity index (χ1) is 8.70. The molecule has 0 spiro atoms. The molecule has 108 valence electrons. The molecular weight excluding hydrogens is 236 g/mol. The molecule has 0 amide bonds. The van der Waals surface area contributed by atoms with Crippen LogP contribution in [0.3, 0.4) is 0 Å². The molecule has 0 aromatic carbocycles. The molecule has 5 nitrogen and oxygen atoms in total. The van der Waals surface area contributed by atoms with Crippen molar-refractivity contribution in [2.45, 2.75) is 70.1 Å². The summed E-state index contributed by atoms with van der Waals surface area (Å²) in [7, 11) is 0. The largest absolute Gasteiger partial charge is 0.394 e. The van der Waals surface area contributed by atoms with E-state index < -0.39 is 24.6 Å². The van der Waals surface area contributed by atoms with E-state index in [1.54, 1.807) is 0 Å². The fourth-order valence-electron chi connectivity index (χ4n) is 2.08. The van der Waals surface area contributed by atoms with Crippen LogP contribution < -0.4 is 0 Å². The zero-order chi connectivity index (χ0) is 13.4. The Kier molecular flexibility index (Phi) is 7.77. The Balaban J connectivity index is 2.05. The van der Waals surface area contributed by atoms with Crippen LogP contribution >= 0.6 is 0 Å². The molecule has 0 radical (unpaired) electrons. The quantitative estimate of drug-likeness (QED) is 0.536. The first kappa shape index (κ1) is 15.9. The highest BCUT2D eigenvalue weighted by Gasteiger charge is 2.42. The highest BCUT2D eigenvalue weighted by Crippen LogP contribution is 2.22. The van der Waals surface area contributed by atoms with Crippen LogP contribution in [0.1, 0.15) is 45.4 Å². The summed E-state index contributed by atoms with van der Waals surface area (Å²) in [6.07, 6.45) is 3.31. The van der Waals surface area contributed by atoms with Gasteiger partial charge in [0.25, 0.3) is 0 Å². The van der Waals surface area contributed by atoms with Gasteiger partial charge in [0.05, 0.1) is 6.61 Å². The van der Waals surface area contributed by atoms with Gasteiger partial charge in [-0.05, 0) is 6.42 Å². The van der Waals surface area contributed by atoms with Crippen LogP contribution in [0.4, 0.5) is 0 Å². The number of aliphatic hydroxyl groups excluding tert-OH is 3. The summed E-state index contributed by atoms with van der Waals surface area (Å²) in [6, 6.07) is 0.